The molecule has 0 heterocycles. The van der Waals surface area contributed by atoms with Gasteiger partial charge in [0, 0.05) is 0 Å². The van der Waals surface area contributed by atoms with Crippen LogP contribution < -0.4 is 9.47 Å². The fourth-order valence-corrected chi connectivity index (χ4v) is 3.17. The predicted octanol–water partition coefficient (Wildman–Crippen LogP) is 6.14. The van der Waals surface area contributed by atoms with E-state index in [1.807, 2.05) is 30.3 Å². The molecule has 0 atom stereocenters. The molecule has 0 fully saturated rings. The molecule has 3 aromatic rings. The van der Waals surface area contributed by atoms with Gasteiger partial charge < -0.3 is 9.47 Å². The van der Waals surface area contributed by atoms with Crippen LogP contribution in [-0.2, 0) is 5.41 Å². The third kappa shape index (κ3) is 3.60. The van der Waals surface area contributed by atoms with Gasteiger partial charge >= 0.3 is 0 Å². The van der Waals surface area contributed by atoms with Crippen molar-refractivity contribution in [2.24, 2.45) is 0 Å². The number of hydrogen-bond donors (Lipinski definition) is 0. The van der Waals surface area contributed by atoms with Gasteiger partial charge in [0.1, 0.15) is 11.5 Å². The van der Waals surface area contributed by atoms with Crippen LogP contribution in [0, 0.1) is 6.07 Å². The fourth-order valence-electron chi connectivity index (χ4n) is 3.17. The Hall–Kier alpha value is -2.74. The highest BCUT2D eigenvalue weighted by Gasteiger charge is 2.22. The molecule has 2 nitrogen and oxygen atoms in total. The minimum atomic E-state index is 0.0194. The summed E-state index contributed by atoms with van der Waals surface area (Å²) in [6.45, 7) is 6.73. The minimum Gasteiger partial charge on any atom is -0.497 e. The van der Waals surface area contributed by atoms with Crippen molar-refractivity contribution in [3.63, 3.8) is 0 Å². The van der Waals surface area contributed by atoms with E-state index in [0.29, 0.717) is 0 Å². The van der Waals surface area contributed by atoms with Gasteiger partial charge in [-0.3, -0.25) is 0 Å². The molecule has 0 aliphatic heterocycles. The Kier molecular flexibility index (Phi) is 5.03. The summed E-state index contributed by atoms with van der Waals surface area (Å²) in [4.78, 5) is 0. The van der Waals surface area contributed by atoms with Crippen molar-refractivity contribution in [3.8, 4) is 33.8 Å². The minimum absolute atomic E-state index is 0.0194. The van der Waals surface area contributed by atoms with Crippen molar-refractivity contribution >= 4 is 0 Å². The van der Waals surface area contributed by atoms with E-state index in [-0.39, 0.29) is 5.41 Å². The lowest BCUT2D eigenvalue weighted by Gasteiger charge is -2.25. The highest BCUT2D eigenvalue weighted by Crippen LogP contribution is 2.40. The number of benzene rings is 3. The van der Waals surface area contributed by atoms with Gasteiger partial charge in [-0.15, -0.1) is 0 Å². The van der Waals surface area contributed by atoms with Crippen LogP contribution in [0.4, 0.5) is 0 Å². The average Bonchev–Trinajstić information content (AvgIpc) is 2.67. The molecule has 2 heteroatoms. The zero-order valence-corrected chi connectivity index (χ0v) is 16.1. The van der Waals surface area contributed by atoms with E-state index >= 15 is 0 Å². The predicted molar refractivity (Wildman–Crippen MR) is 108 cm³/mol. The molecule has 0 aromatic heterocycles. The molecule has 0 saturated carbocycles. The van der Waals surface area contributed by atoms with Crippen molar-refractivity contribution in [3.05, 3.63) is 72.3 Å². The first-order valence-electron chi connectivity index (χ1n) is 8.78. The van der Waals surface area contributed by atoms with Crippen molar-refractivity contribution < 1.29 is 9.47 Å². The molecule has 3 aromatic carbocycles. The van der Waals surface area contributed by atoms with Crippen LogP contribution in [0.5, 0.6) is 11.5 Å². The van der Waals surface area contributed by atoms with E-state index in [4.69, 9.17) is 9.47 Å². The Morgan fingerprint density at radius 3 is 1.65 bits per heavy atom. The van der Waals surface area contributed by atoms with Crippen molar-refractivity contribution in [1.82, 2.24) is 0 Å². The monoisotopic (exact) mass is 345 g/mol. The summed E-state index contributed by atoms with van der Waals surface area (Å²) in [7, 11) is 3.37. The molecule has 26 heavy (non-hydrogen) atoms. The summed E-state index contributed by atoms with van der Waals surface area (Å²) in [6.07, 6.45) is 0. The van der Waals surface area contributed by atoms with Crippen molar-refractivity contribution in [1.29, 1.82) is 0 Å². The molecule has 133 valence electrons. The smallest absolute Gasteiger partial charge is 0.118 e. The summed E-state index contributed by atoms with van der Waals surface area (Å²) in [5.74, 6) is 1.71. The Bertz CT molecular complexity index is 870. The lowest BCUT2D eigenvalue weighted by atomic mass is 9.79. The number of hydrogen-bond acceptors (Lipinski definition) is 2. The normalized spacial score (nSPS) is 11.3. The first kappa shape index (κ1) is 18.1. The van der Waals surface area contributed by atoms with E-state index < -0.39 is 0 Å². The van der Waals surface area contributed by atoms with Crippen molar-refractivity contribution in [2.75, 3.05) is 14.2 Å². The second kappa shape index (κ2) is 7.25. The van der Waals surface area contributed by atoms with Gasteiger partial charge in [0.25, 0.3) is 0 Å². The quantitative estimate of drug-likeness (QED) is 0.566. The molecular weight excluding hydrogens is 320 g/mol. The lowest BCUT2D eigenvalue weighted by Crippen LogP contribution is -2.13. The van der Waals surface area contributed by atoms with E-state index in [0.717, 1.165) is 22.6 Å². The molecule has 0 bridgehead atoms. The second-order valence-corrected chi connectivity index (χ2v) is 7.35. The SMILES string of the molecule is COc1ccc(-c2[c]ccc(C(C)(C)C)c2-c2ccc(OC)cc2)cc1. The highest BCUT2D eigenvalue weighted by molar-refractivity contribution is 5.86. The van der Waals surface area contributed by atoms with E-state index in [1.165, 1.54) is 16.7 Å². The average molecular weight is 345 g/mol. The molecule has 0 aliphatic carbocycles. The Morgan fingerprint density at radius 2 is 1.19 bits per heavy atom. The van der Waals surface area contributed by atoms with Crippen LogP contribution in [0.1, 0.15) is 26.3 Å². The Labute approximate surface area is 156 Å². The molecule has 0 aliphatic rings. The van der Waals surface area contributed by atoms with Crippen molar-refractivity contribution in [2.45, 2.75) is 26.2 Å². The fraction of sp³-hybridized carbons (Fsp3) is 0.250. The van der Waals surface area contributed by atoms with E-state index in [9.17, 15) is 0 Å². The van der Waals surface area contributed by atoms with Crippen LogP contribution in [0.2, 0.25) is 0 Å². The summed E-state index contributed by atoms with van der Waals surface area (Å²) >= 11 is 0. The van der Waals surface area contributed by atoms with Crippen LogP contribution in [-0.4, -0.2) is 14.2 Å². The van der Waals surface area contributed by atoms with Crippen LogP contribution in [0.3, 0.4) is 0 Å². The van der Waals surface area contributed by atoms with Gasteiger partial charge in [0.15, 0.2) is 0 Å². The van der Waals surface area contributed by atoms with Gasteiger partial charge in [-0.25, -0.2) is 0 Å². The largest absolute Gasteiger partial charge is 0.497 e. The summed E-state index contributed by atoms with van der Waals surface area (Å²) in [5, 5.41) is 0. The standard InChI is InChI=1S/C24H25O2/c1-24(2,3)22-8-6-7-21(17-9-13-19(25-4)14-10-17)23(22)18-11-15-20(26-5)16-12-18/h6,8-16H,1-5H3. The molecule has 3 rings (SSSR count). The van der Waals surface area contributed by atoms with Gasteiger partial charge in [0.05, 0.1) is 14.2 Å². The second-order valence-electron chi connectivity index (χ2n) is 7.35. The van der Waals surface area contributed by atoms with Gasteiger partial charge in [-0.1, -0.05) is 57.2 Å². The molecule has 0 unspecified atom stereocenters. The van der Waals surface area contributed by atoms with Crippen LogP contribution >= 0.6 is 0 Å². The van der Waals surface area contributed by atoms with Gasteiger partial charge in [-0.05, 0) is 63.6 Å². The third-order valence-electron chi connectivity index (χ3n) is 4.56. The lowest BCUT2D eigenvalue weighted by molar-refractivity contribution is 0.414. The molecular formula is C24H25O2. The number of methoxy groups -OCH3 is 2. The van der Waals surface area contributed by atoms with Gasteiger partial charge in [0.2, 0.25) is 0 Å². The topological polar surface area (TPSA) is 18.5 Å². The highest BCUT2D eigenvalue weighted by atomic mass is 16.5. The third-order valence-corrected chi connectivity index (χ3v) is 4.56. The van der Waals surface area contributed by atoms with Crippen LogP contribution in [0.25, 0.3) is 22.3 Å². The van der Waals surface area contributed by atoms with Crippen LogP contribution in [0.15, 0.2) is 60.7 Å². The number of rotatable bonds is 4. The Morgan fingerprint density at radius 1 is 0.692 bits per heavy atom. The first-order valence-corrected chi connectivity index (χ1v) is 8.78. The number of ether oxygens (including phenoxy) is 2. The maximum atomic E-state index is 5.32. The summed E-state index contributed by atoms with van der Waals surface area (Å²) < 4.78 is 10.6. The first-order chi connectivity index (χ1) is 12.4. The van der Waals surface area contributed by atoms with Gasteiger partial charge in [-0.2, -0.15) is 0 Å². The summed E-state index contributed by atoms with van der Waals surface area (Å²) in [6, 6.07) is 24.1. The maximum Gasteiger partial charge on any atom is 0.118 e. The molecule has 0 spiro atoms. The zero-order valence-electron chi connectivity index (χ0n) is 16.1. The summed E-state index contributed by atoms with van der Waals surface area (Å²) in [5.41, 5.74) is 5.93. The Balaban J connectivity index is 2.23. The van der Waals surface area contributed by atoms with E-state index in [1.54, 1.807) is 14.2 Å². The maximum absolute atomic E-state index is 5.32. The zero-order chi connectivity index (χ0) is 18.7. The molecule has 0 N–H and O–H groups in total. The molecule has 0 saturated heterocycles. The molecule has 1 radical (unpaired) electrons. The van der Waals surface area contributed by atoms with E-state index in [2.05, 4.69) is 57.2 Å². The molecule has 0 amide bonds.